The number of aromatic carboxylic acids is 1. The Morgan fingerprint density at radius 3 is 2.59 bits per heavy atom. The average Bonchev–Trinajstić information content (AvgIpc) is 2.33. The number of carboxylic acids is 1. The van der Waals surface area contributed by atoms with Crippen LogP contribution in [-0.4, -0.2) is 26.0 Å². The monoisotopic (exact) mass is 232 g/mol. The predicted octanol–water partition coefficient (Wildman–Crippen LogP) is 0.944. The first-order valence-corrected chi connectivity index (χ1v) is 4.61. The molecular weight excluding hydrogens is 224 g/mol. The highest BCUT2D eigenvalue weighted by atomic mass is 16.5. The normalized spacial score (nSPS) is 9.88. The SMILES string of the molecule is Nc1ccnc(C(=O)O)c1Oc1ncccn1. The molecule has 0 unspecified atom stereocenters. The van der Waals surface area contributed by atoms with Gasteiger partial charge in [-0.15, -0.1) is 0 Å². The van der Waals surface area contributed by atoms with Crippen molar-refractivity contribution in [2.24, 2.45) is 0 Å². The van der Waals surface area contributed by atoms with Crippen LogP contribution in [0.2, 0.25) is 0 Å². The van der Waals surface area contributed by atoms with E-state index in [1.54, 1.807) is 6.07 Å². The van der Waals surface area contributed by atoms with Crippen LogP contribution >= 0.6 is 0 Å². The van der Waals surface area contributed by atoms with Crippen LogP contribution in [0.15, 0.2) is 30.7 Å². The molecule has 86 valence electrons. The molecule has 0 aliphatic carbocycles. The lowest BCUT2D eigenvalue weighted by molar-refractivity contribution is 0.0687. The van der Waals surface area contributed by atoms with Gasteiger partial charge >= 0.3 is 12.0 Å². The minimum absolute atomic E-state index is 0.00898. The first-order valence-electron chi connectivity index (χ1n) is 4.61. The molecule has 7 heteroatoms. The van der Waals surface area contributed by atoms with Gasteiger partial charge in [-0.05, 0) is 12.1 Å². The highest BCUT2D eigenvalue weighted by molar-refractivity contribution is 5.90. The fourth-order valence-electron chi connectivity index (χ4n) is 1.15. The standard InChI is InChI=1S/C10H8N4O3/c11-6-2-5-12-7(9(15)16)8(6)17-10-13-3-1-4-14-10/h1-5H,(H2,11,12)(H,15,16). The molecule has 0 amide bonds. The molecule has 2 rings (SSSR count). The van der Waals surface area contributed by atoms with Crippen molar-refractivity contribution < 1.29 is 14.6 Å². The number of aromatic nitrogens is 3. The molecule has 0 aromatic carbocycles. The average molecular weight is 232 g/mol. The van der Waals surface area contributed by atoms with Gasteiger partial charge in [0.15, 0.2) is 11.4 Å². The summed E-state index contributed by atoms with van der Waals surface area (Å²) in [6.45, 7) is 0. The Morgan fingerprint density at radius 2 is 1.94 bits per heavy atom. The van der Waals surface area contributed by atoms with Crippen molar-refractivity contribution >= 4 is 11.7 Å². The lowest BCUT2D eigenvalue weighted by Gasteiger charge is -2.08. The van der Waals surface area contributed by atoms with Gasteiger partial charge in [-0.3, -0.25) is 0 Å². The van der Waals surface area contributed by atoms with Crippen molar-refractivity contribution in [3.8, 4) is 11.8 Å². The van der Waals surface area contributed by atoms with Crippen molar-refractivity contribution in [3.63, 3.8) is 0 Å². The van der Waals surface area contributed by atoms with Gasteiger partial charge in [0.2, 0.25) is 0 Å². The van der Waals surface area contributed by atoms with E-state index in [1.807, 2.05) is 0 Å². The van der Waals surface area contributed by atoms with E-state index in [-0.39, 0.29) is 23.1 Å². The third-order valence-corrected chi connectivity index (χ3v) is 1.87. The molecule has 0 radical (unpaired) electrons. The van der Waals surface area contributed by atoms with E-state index < -0.39 is 5.97 Å². The number of anilines is 1. The number of hydrogen-bond donors (Lipinski definition) is 2. The molecule has 2 aromatic rings. The molecule has 2 aromatic heterocycles. The molecule has 2 heterocycles. The zero-order chi connectivity index (χ0) is 12.3. The van der Waals surface area contributed by atoms with Crippen molar-refractivity contribution in [1.82, 2.24) is 15.0 Å². The second-order valence-electron chi connectivity index (χ2n) is 3.02. The van der Waals surface area contributed by atoms with Gasteiger partial charge in [-0.25, -0.2) is 19.7 Å². The molecule has 3 N–H and O–H groups in total. The smallest absolute Gasteiger partial charge is 0.358 e. The quantitative estimate of drug-likeness (QED) is 0.809. The van der Waals surface area contributed by atoms with Gasteiger partial charge in [-0.2, -0.15) is 0 Å². The summed E-state index contributed by atoms with van der Waals surface area (Å²) in [6.07, 6.45) is 4.22. The summed E-state index contributed by atoms with van der Waals surface area (Å²) in [5.74, 6) is -1.30. The van der Waals surface area contributed by atoms with E-state index in [2.05, 4.69) is 15.0 Å². The summed E-state index contributed by atoms with van der Waals surface area (Å²) in [5, 5.41) is 8.93. The van der Waals surface area contributed by atoms with Gasteiger partial charge in [0, 0.05) is 18.6 Å². The zero-order valence-corrected chi connectivity index (χ0v) is 8.57. The number of pyridine rings is 1. The number of rotatable bonds is 3. The molecule has 0 atom stereocenters. The van der Waals surface area contributed by atoms with E-state index in [0.29, 0.717) is 0 Å². The molecule has 0 fully saturated rings. The van der Waals surface area contributed by atoms with Gasteiger partial charge in [0.1, 0.15) is 0 Å². The summed E-state index contributed by atoms with van der Waals surface area (Å²) in [4.78, 5) is 22.2. The highest BCUT2D eigenvalue weighted by Crippen LogP contribution is 2.27. The second-order valence-corrected chi connectivity index (χ2v) is 3.02. The maximum Gasteiger partial charge on any atom is 0.358 e. The van der Waals surface area contributed by atoms with Crippen LogP contribution in [0, 0.1) is 0 Å². The minimum Gasteiger partial charge on any atom is -0.476 e. The van der Waals surface area contributed by atoms with E-state index in [4.69, 9.17) is 15.6 Å². The Balaban J connectivity index is 2.41. The molecule has 17 heavy (non-hydrogen) atoms. The van der Waals surface area contributed by atoms with Crippen molar-refractivity contribution in [2.45, 2.75) is 0 Å². The first kappa shape index (κ1) is 10.8. The van der Waals surface area contributed by atoms with Crippen LogP contribution in [0.1, 0.15) is 10.5 Å². The summed E-state index contributed by atoms with van der Waals surface area (Å²) < 4.78 is 5.21. The minimum atomic E-state index is -1.23. The van der Waals surface area contributed by atoms with Crippen LogP contribution in [0.3, 0.4) is 0 Å². The number of nitrogens with zero attached hydrogens (tertiary/aromatic N) is 3. The van der Waals surface area contributed by atoms with Crippen LogP contribution in [-0.2, 0) is 0 Å². The topological polar surface area (TPSA) is 111 Å². The summed E-state index contributed by atoms with van der Waals surface area (Å²) in [5.41, 5.74) is 5.50. The third kappa shape index (κ3) is 2.28. The largest absolute Gasteiger partial charge is 0.476 e. The Hall–Kier alpha value is -2.70. The van der Waals surface area contributed by atoms with E-state index in [0.717, 1.165) is 0 Å². The van der Waals surface area contributed by atoms with Crippen LogP contribution < -0.4 is 10.5 Å². The number of ether oxygens (including phenoxy) is 1. The molecule has 7 nitrogen and oxygen atoms in total. The predicted molar refractivity (Wildman–Crippen MR) is 57.7 cm³/mol. The molecule has 0 aliphatic heterocycles. The molecule has 0 spiro atoms. The van der Waals surface area contributed by atoms with Crippen molar-refractivity contribution in [2.75, 3.05) is 5.73 Å². The Labute approximate surface area is 95.9 Å². The molecule has 0 aliphatic rings. The molecule has 0 saturated heterocycles. The van der Waals surface area contributed by atoms with Gasteiger partial charge < -0.3 is 15.6 Å². The maximum atomic E-state index is 10.9. The molecule has 0 saturated carbocycles. The maximum absolute atomic E-state index is 10.9. The Bertz CT molecular complexity index is 545. The van der Waals surface area contributed by atoms with Crippen LogP contribution in [0.4, 0.5) is 5.69 Å². The fraction of sp³-hybridized carbons (Fsp3) is 0. The van der Waals surface area contributed by atoms with Gasteiger partial charge in [-0.1, -0.05) is 0 Å². The zero-order valence-electron chi connectivity index (χ0n) is 8.57. The van der Waals surface area contributed by atoms with E-state index >= 15 is 0 Å². The number of carbonyl (C=O) groups is 1. The molecule has 0 bridgehead atoms. The van der Waals surface area contributed by atoms with Crippen LogP contribution in [0.5, 0.6) is 11.8 Å². The lowest BCUT2D eigenvalue weighted by atomic mass is 10.3. The fourth-order valence-corrected chi connectivity index (χ4v) is 1.15. The van der Waals surface area contributed by atoms with E-state index in [9.17, 15) is 4.79 Å². The van der Waals surface area contributed by atoms with Crippen LogP contribution in [0.25, 0.3) is 0 Å². The number of carboxylic acid groups (broad SMARTS) is 1. The van der Waals surface area contributed by atoms with Crippen molar-refractivity contribution in [1.29, 1.82) is 0 Å². The number of nitrogens with two attached hydrogens (primary N) is 1. The lowest BCUT2D eigenvalue weighted by Crippen LogP contribution is -2.06. The van der Waals surface area contributed by atoms with E-state index in [1.165, 1.54) is 24.7 Å². The van der Waals surface area contributed by atoms with Crippen molar-refractivity contribution in [3.05, 3.63) is 36.4 Å². The Kier molecular flexibility index (Phi) is 2.82. The van der Waals surface area contributed by atoms with Gasteiger partial charge in [0.25, 0.3) is 0 Å². The van der Waals surface area contributed by atoms with Gasteiger partial charge in [0.05, 0.1) is 5.69 Å². The first-order chi connectivity index (χ1) is 8.18. The second kappa shape index (κ2) is 4.44. The third-order valence-electron chi connectivity index (χ3n) is 1.87. The number of hydrogen-bond acceptors (Lipinski definition) is 6. The molecular formula is C10H8N4O3. The summed E-state index contributed by atoms with van der Waals surface area (Å²) in [7, 11) is 0. The summed E-state index contributed by atoms with van der Waals surface area (Å²) in [6, 6.07) is 3.05. The summed E-state index contributed by atoms with van der Waals surface area (Å²) >= 11 is 0. The number of nitrogen functional groups attached to an aromatic ring is 1. The Morgan fingerprint density at radius 1 is 1.24 bits per heavy atom. The highest BCUT2D eigenvalue weighted by Gasteiger charge is 2.17.